The van der Waals surface area contributed by atoms with Gasteiger partial charge in [0, 0.05) is 191 Å². The number of rotatable bonds is 20. The van der Waals surface area contributed by atoms with Crippen molar-refractivity contribution in [2.24, 2.45) is 0 Å². The summed E-state index contributed by atoms with van der Waals surface area (Å²) in [6, 6.07) is 71.3. The first-order chi connectivity index (χ1) is 61.3. The Labute approximate surface area is 744 Å². The summed E-state index contributed by atoms with van der Waals surface area (Å²) >= 11 is 3.89. The Kier molecular flexibility index (Phi) is 26.8. The van der Waals surface area contributed by atoms with Crippen LogP contribution >= 0.6 is 23.5 Å². The first kappa shape index (κ1) is 89.0. The maximum Gasteiger partial charge on any atom is 0.188 e. The normalized spacial score (nSPS) is 16.4. The van der Waals surface area contributed by atoms with Crippen molar-refractivity contribution in [2.75, 3.05) is 55.2 Å². The van der Waals surface area contributed by atoms with Crippen LogP contribution in [0, 0.1) is 11.6 Å². The Morgan fingerprint density at radius 3 is 0.984 bits per heavy atom. The molecule has 0 aliphatic carbocycles. The molecule has 20 rings (SSSR count). The quantitative estimate of drug-likeness (QED) is 0.0408. The molecular formula is C102H97F2N5O13S5. The van der Waals surface area contributed by atoms with Crippen molar-refractivity contribution in [2.45, 2.75) is 106 Å². The standard InChI is InChI=1S/C22H23NO2S.C21H20FNO3S.C20H18FNO2S.C20H19NO2S.C19H17NO4S/c1-3-22(24)17-10-8-16(9-11-17)14-23-20-7-5-4-6-18(20)19-15-26(2,25)13-12-21(19)23;1-27(26)9-8-20-18(13-27)17-10-16(22)6-7-19(17)23(20)11-14-2-4-15(5-3-14)21(25)12-24;21-15-5-6-18-16(9-15)17-12-25-8-7-19(17)22(18)10-13-1-3-14(4-2-13)20(24)11-23;22-12-20(23)15-7-5-14(6-8-15)11-21-18-4-2-1-3-16(18)17-13-24-10-9-19(17)21;21-12-18(22)14-7-5-13(6-8-14)11-20-16-4-2-1-3-15(16)19-17(20)9-10-25(19,23)24/h4-11H,2-3,12-15H2,1H3;2-7,10,24H,1,8-9,11-13H2;1-6,9,23H,7-8,10-12H2;1-8,22H,9-13H2;1-8,21H,9-12H2. The zero-order valence-electron chi connectivity index (χ0n) is 70.3. The van der Waals surface area contributed by atoms with E-state index in [9.17, 15) is 49.6 Å². The van der Waals surface area contributed by atoms with Crippen LogP contribution in [-0.2, 0) is 117 Å². The molecule has 0 fully saturated rings. The van der Waals surface area contributed by atoms with Crippen molar-refractivity contribution in [1.29, 1.82) is 0 Å². The summed E-state index contributed by atoms with van der Waals surface area (Å²) in [5, 5.41) is 41.0. The zero-order chi connectivity index (χ0) is 89.0. The summed E-state index contributed by atoms with van der Waals surface area (Å²) in [6.45, 7) is 3.33. The molecule has 2 atom stereocenters. The fourth-order valence-corrected chi connectivity index (χ4v) is 25.0. The van der Waals surface area contributed by atoms with Gasteiger partial charge in [0.05, 0.1) is 10.6 Å². The number of benzene rings is 10. The minimum atomic E-state index is -3.22. The van der Waals surface area contributed by atoms with Crippen molar-refractivity contribution >= 4 is 148 Å². The van der Waals surface area contributed by atoms with Crippen LogP contribution in [0.5, 0.6) is 0 Å². The number of carbonyl (C=O) groups excluding carboxylic acids is 5. The van der Waals surface area contributed by atoms with Crippen molar-refractivity contribution in [3.05, 3.63) is 349 Å². The maximum atomic E-state index is 13.8. The molecule has 0 saturated carbocycles. The third kappa shape index (κ3) is 19.1. The Hall–Kier alpha value is -11.4. The Balaban J connectivity index is 0.000000117. The molecule has 652 valence electrons. The fourth-order valence-electron chi connectivity index (χ4n) is 18.1. The minimum Gasteiger partial charge on any atom is -0.388 e. The average Bonchev–Trinajstić information content (AvgIpc) is 1.55. The molecule has 0 radical (unpaired) electrons. The molecule has 15 aromatic rings. The highest BCUT2D eigenvalue weighted by Gasteiger charge is 2.34. The molecule has 2 unspecified atom stereocenters. The minimum absolute atomic E-state index is 0.159. The van der Waals surface area contributed by atoms with E-state index in [0.717, 1.165) is 122 Å². The van der Waals surface area contributed by atoms with E-state index in [2.05, 4.69) is 77.0 Å². The molecule has 127 heavy (non-hydrogen) atoms. The molecule has 0 amide bonds. The lowest BCUT2D eigenvalue weighted by Gasteiger charge is -2.19. The monoisotopic (exact) mass is 1800 g/mol. The number of fused-ring (bicyclic) bond motifs is 15. The van der Waals surface area contributed by atoms with E-state index >= 15 is 0 Å². The maximum absolute atomic E-state index is 13.8. The third-order valence-corrected chi connectivity index (χ3v) is 31.8. The van der Waals surface area contributed by atoms with Gasteiger partial charge in [0.2, 0.25) is 0 Å². The summed E-state index contributed by atoms with van der Waals surface area (Å²) < 4.78 is 88.7. The average molecular weight is 1800 g/mol. The van der Waals surface area contributed by atoms with E-state index in [4.69, 9.17) is 20.4 Å². The summed E-state index contributed by atoms with van der Waals surface area (Å²) in [7, 11) is -7.41. The fraction of sp³-hybridized carbons (Fsp3) is 0.245. The van der Waals surface area contributed by atoms with Crippen LogP contribution in [0.1, 0.15) is 144 Å². The molecule has 5 aromatic heterocycles. The van der Waals surface area contributed by atoms with Crippen molar-refractivity contribution in [3.8, 4) is 0 Å². The van der Waals surface area contributed by atoms with Gasteiger partial charge in [-0.1, -0.05) is 183 Å². The number of halogens is 2. The lowest BCUT2D eigenvalue weighted by Crippen LogP contribution is -2.20. The van der Waals surface area contributed by atoms with Crippen LogP contribution in [0.3, 0.4) is 0 Å². The smallest absolute Gasteiger partial charge is 0.188 e. The molecule has 4 N–H and O–H groups in total. The highest BCUT2D eigenvalue weighted by Crippen LogP contribution is 2.41. The summed E-state index contributed by atoms with van der Waals surface area (Å²) in [5.41, 5.74) is 24.4. The van der Waals surface area contributed by atoms with Gasteiger partial charge in [-0.25, -0.2) is 17.2 Å². The van der Waals surface area contributed by atoms with Gasteiger partial charge in [0.1, 0.15) is 38.1 Å². The predicted molar refractivity (Wildman–Crippen MR) is 508 cm³/mol. The number of nitrogens with zero attached hydrogens (tertiary/aromatic N) is 5. The van der Waals surface area contributed by atoms with Gasteiger partial charge in [-0.2, -0.15) is 23.5 Å². The van der Waals surface area contributed by atoms with Crippen molar-refractivity contribution in [1.82, 2.24) is 22.8 Å². The third-order valence-electron chi connectivity index (χ3n) is 24.5. The SMILES string of the molecule is C=S1(=O)CCc2c(c3cc(F)ccc3n2Cc2ccc(C(=O)CO)cc2)C1.C=S1(=O)CCc2c(c3ccccc3n2Cc2ccc(C(=O)CC)cc2)C1.O=C(CO)c1ccc(Cn2c3c(c4cc(F)ccc42)CSCC3)cc1.O=C(CO)c1ccc(Cn2c3c(c4ccccc42)CSCC3)cc1.O=C(CO)c1ccc(Cn2c3c(c4ccccc42)S(=O)(=O)CC3)cc1. The number of Topliss-reactive ketones (excluding diaryl/α,β-unsaturated/α-hetero) is 5. The van der Waals surface area contributed by atoms with E-state index in [0.29, 0.717) is 89.1 Å². The number of carbonyl (C=O) groups is 5. The Morgan fingerprint density at radius 1 is 0.339 bits per heavy atom. The number of thioether (sulfide) groups is 2. The highest BCUT2D eigenvalue weighted by atomic mass is 32.2. The van der Waals surface area contributed by atoms with Gasteiger partial charge in [0.15, 0.2) is 38.8 Å². The molecule has 0 saturated heterocycles. The Bertz CT molecular complexity index is 7130. The molecule has 18 nitrogen and oxygen atoms in total. The number of aromatic nitrogens is 5. The van der Waals surface area contributed by atoms with Crippen molar-refractivity contribution < 1.29 is 70.0 Å². The van der Waals surface area contributed by atoms with Gasteiger partial charge in [-0.3, -0.25) is 32.4 Å². The molecular weight excluding hydrogens is 1700 g/mol. The van der Waals surface area contributed by atoms with Crippen LogP contribution < -0.4 is 0 Å². The van der Waals surface area contributed by atoms with Crippen LogP contribution in [-0.4, -0.2) is 156 Å². The first-order valence-electron chi connectivity index (χ1n) is 42.3. The second-order valence-electron chi connectivity index (χ2n) is 32.7. The number of aliphatic hydroxyl groups is 4. The van der Waals surface area contributed by atoms with E-state index in [1.807, 2.05) is 152 Å². The molecule has 25 heteroatoms. The van der Waals surface area contributed by atoms with Crippen LogP contribution in [0.25, 0.3) is 54.5 Å². The van der Waals surface area contributed by atoms with Crippen LogP contribution in [0.15, 0.2) is 235 Å². The van der Waals surface area contributed by atoms with E-state index in [-0.39, 0.29) is 46.3 Å². The topological polar surface area (TPSA) is 259 Å². The molecule has 5 aliphatic heterocycles. The number of para-hydroxylation sites is 3. The van der Waals surface area contributed by atoms with E-state index in [1.165, 1.54) is 90.7 Å². The number of sulfone groups is 1. The second kappa shape index (κ2) is 38.3. The van der Waals surface area contributed by atoms with Crippen LogP contribution in [0.4, 0.5) is 8.78 Å². The van der Waals surface area contributed by atoms with Gasteiger partial charge in [-0.15, -0.1) is 0 Å². The lowest BCUT2D eigenvalue weighted by molar-refractivity contribution is 0.0898. The van der Waals surface area contributed by atoms with Crippen molar-refractivity contribution in [3.63, 3.8) is 0 Å². The summed E-state index contributed by atoms with van der Waals surface area (Å²) in [5.74, 6) is 12.9. The first-order valence-corrected chi connectivity index (χ1v) is 50.4. The molecule has 5 aliphatic rings. The van der Waals surface area contributed by atoms with Gasteiger partial charge >= 0.3 is 0 Å². The number of hydrogen-bond donors (Lipinski definition) is 4. The number of hydrogen-bond acceptors (Lipinski definition) is 15. The van der Waals surface area contributed by atoms with E-state index in [1.54, 1.807) is 48.5 Å². The molecule has 0 spiro atoms. The van der Waals surface area contributed by atoms with Gasteiger partial charge < -0.3 is 43.3 Å². The Morgan fingerprint density at radius 2 is 0.622 bits per heavy atom. The molecule has 10 heterocycles. The van der Waals surface area contributed by atoms with Gasteiger partial charge in [0.25, 0.3) is 0 Å². The van der Waals surface area contributed by atoms with Gasteiger partial charge in [-0.05, 0) is 173 Å². The number of aliphatic hydroxyl groups excluding tert-OH is 4. The highest BCUT2D eigenvalue weighted by molar-refractivity contribution is 8.00. The second-order valence-corrected chi connectivity index (χ2v) is 42.2. The van der Waals surface area contributed by atoms with Crippen LogP contribution in [0.2, 0.25) is 0 Å². The summed E-state index contributed by atoms with van der Waals surface area (Å²) in [4.78, 5) is 58.5. The zero-order valence-corrected chi connectivity index (χ0v) is 74.4. The number of ketones is 5. The molecule has 10 aromatic carbocycles. The largest absolute Gasteiger partial charge is 0.388 e. The molecule has 0 bridgehead atoms. The van der Waals surface area contributed by atoms with E-state index < -0.39 is 55.3 Å². The summed E-state index contributed by atoms with van der Waals surface area (Å²) in [6.07, 6.45) is 4.59. The predicted octanol–water partition coefficient (Wildman–Crippen LogP) is 16.5. The lowest BCUT2D eigenvalue weighted by atomic mass is 10.1.